The number of rotatable bonds is 9. The van der Waals surface area contributed by atoms with Gasteiger partial charge in [0, 0.05) is 15.6 Å². The topological polar surface area (TPSA) is 394 Å². The van der Waals surface area contributed by atoms with Gasteiger partial charge in [0.05, 0.1) is 55.8 Å². The molecule has 5 aromatic rings. The third kappa shape index (κ3) is 35.9. The van der Waals surface area contributed by atoms with E-state index in [0.29, 0.717) is 4.47 Å². The molecule has 0 heterocycles. The molecule has 0 unspecified atom stereocenters. The van der Waals surface area contributed by atoms with Gasteiger partial charge in [0.1, 0.15) is 31.7 Å². The van der Waals surface area contributed by atoms with Gasteiger partial charge in [0.25, 0.3) is 9.05 Å². The van der Waals surface area contributed by atoms with E-state index in [9.17, 15) is 59.6 Å². The van der Waals surface area contributed by atoms with Gasteiger partial charge in [-0.1, -0.05) is 12.1 Å². The van der Waals surface area contributed by atoms with Crippen LogP contribution in [0.25, 0.3) is 0 Å². The van der Waals surface area contributed by atoms with Gasteiger partial charge in [0.2, 0.25) is 0 Å². The molecule has 72 heavy (non-hydrogen) atoms. The van der Waals surface area contributed by atoms with Crippen molar-refractivity contribution in [1.29, 1.82) is 0 Å². The Morgan fingerprint density at radius 2 is 0.750 bits per heavy atom. The summed E-state index contributed by atoms with van der Waals surface area (Å²) < 4.78 is 197. The van der Waals surface area contributed by atoms with E-state index < -0.39 is 74.9 Å². The molecule has 0 fully saturated rings. The fourth-order valence-electron chi connectivity index (χ4n) is 3.55. The zero-order valence-corrected chi connectivity index (χ0v) is 55.7. The summed E-state index contributed by atoms with van der Waals surface area (Å²) in [5.41, 5.74) is 0. The largest absolute Gasteiger partial charge is 1.00 e. The standard InChI is InChI=1S/C7H6BrClO5S2.C7H7BrO6S2.C7H7BrO3S2.C6H5BrO4S.C6H5BrO.2Na.H2O4S/c1-15(10,11)14-7-3-2-5(4-6(7)8)16(9,12)13;1-15(9,10)14-7-3-2-5(4-6(7)8)16(11,12)13;1-13(9,10)11-7-3-2-5(12)4-6(7)8;7-5-3-4(12(9,10)11)1-2-6(5)8;7-5-3-1-2-4-6(5)8;;;1-5(2,3)4/h2-4H,1H3;2-4H,1H3,(H,11,12,13);2-4,12H,1H3;1-3,8H,(H,9,10,11);1-4,8H;;;(H2,1,2,3,4)/q;;;;;2*+1;/p-2. The molecule has 0 aliphatic carbocycles. The van der Waals surface area contributed by atoms with Gasteiger partial charge < -0.3 is 31.9 Å². The Morgan fingerprint density at radius 3 is 1.03 bits per heavy atom. The van der Waals surface area contributed by atoms with E-state index in [4.69, 9.17) is 38.4 Å². The molecule has 0 aromatic heterocycles. The Labute approximate surface area is 511 Å². The second kappa shape index (κ2) is 32.5. The van der Waals surface area contributed by atoms with Gasteiger partial charge in [-0.15, -0.1) is 12.6 Å². The molecule has 0 amide bonds. The van der Waals surface area contributed by atoms with Crippen LogP contribution < -0.4 is 71.7 Å². The Bertz CT molecular complexity index is 3310. The molecule has 5 aromatic carbocycles. The molecular formula is C33H30Br5ClNa2O23S8. The Hall–Kier alpha value is -0.370. The van der Waals surface area contributed by atoms with Crippen molar-refractivity contribution in [2.24, 2.45) is 0 Å². The van der Waals surface area contributed by atoms with Gasteiger partial charge in [-0.05, 0) is 165 Å². The van der Waals surface area contributed by atoms with Crippen LogP contribution in [0, 0.1) is 0 Å². The molecule has 0 spiro atoms. The molecule has 0 radical (unpaired) electrons. The first-order valence-corrected chi connectivity index (χ1v) is 32.9. The van der Waals surface area contributed by atoms with Crippen LogP contribution in [0.15, 0.2) is 139 Å². The van der Waals surface area contributed by atoms with Gasteiger partial charge in [-0.25, -0.2) is 25.3 Å². The smallest absolute Gasteiger partial charge is 0.744 e. The molecule has 5 rings (SSSR count). The number of phenols is 2. The second-order valence-corrected chi connectivity index (χ2v) is 27.8. The van der Waals surface area contributed by atoms with Gasteiger partial charge >= 0.3 is 99.9 Å². The fraction of sp³-hybridized carbons (Fsp3) is 0.0909. The normalized spacial score (nSPS) is 11.3. The zero-order chi connectivity index (χ0) is 55.0. The van der Waals surface area contributed by atoms with E-state index >= 15 is 0 Å². The maximum Gasteiger partial charge on any atom is 1.00 e. The van der Waals surface area contributed by atoms with Crippen molar-refractivity contribution in [1.82, 2.24) is 0 Å². The van der Waals surface area contributed by atoms with Gasteiger partial charge in [-0.2, -0.15) is 33.7 Å². The summed E-state index contributed by atoms with van der Waals surface area (Å²) in [5, 5.41) is 17.8. The summed E-state index contributed by atoms with van der Waals surface area (Å²) >= 11 is 19.1. The molecule has 0 aliphatic rings. The minimum atomic E-state index is -4.67. The number of thiol groups is 1. The molecular weight excluding hydrogens is 1500 g/mol. The average molecular weight is 1530 g/mol. The number of para-hydroxylation sites is 1. The Balaban J connectivity index is -0.000000812. The fourth-order valence-corrected chi connectivity index (χ4v) is 9.93. The third-order valence-corrected chi connectivity index (χ3v) is 14.0. The van der Waals surface area contributed by atoms with Crippen LogP contribution in [-0.4, -0.2) is 106 Å². The molecule has 0 bridgehead atoms. The number of benzene rings is 5. The summed E-state index contributed by atoms with van der Waals surface area (Å²) in [7, 11) is -23.2. The number of halogens is 6. The van der Waals surface area contributed by atoms with Crippen LogP contribution in [0.5, 0.6) is 28.7 Å². The first kappa shape index (κ1) is 75.9. The minimum absolute atomic E-state index is 0. The van der Waals surface area contributed by atoms with Crippen molar-refractivity contribution in [3.8, 4) is 28.7 Å². The first-order valence-electron chi connectivity index (χ1n) is 16.5. The minimum Gasteiger partial charge on any atom is -0.744 e. The van der Waals surface area contributed by atoms with E-state index in [0.717, 1.165) is 76.7 Å². The van der Waals surface area contributed by atoms with Crippen LogP contribution in [0.4, 0.5) is 0 Å². The number of phenolic OH excluding ortho intramolecular Hbond substituents is 2. The van der Waals surface area contributed by atoms with Crippen LogP contribution >= 0.6 is 103 Å². The van der Waals surface area contributed by atoms with E-state index in [1.807, 2.05) is 6.07 Å². The number of aromatic hydroxyl groups is 2. The quantitative estimate of drug-likeness (QED) is 0.0453. The third-order valence-electron chi connectivity index (χ3n) is 6.08. The number of hydrogen-bond acceptors (Lipinski definition) is 22. The molecule has 23 nitrogen and oxygen atoms in total. The average Bonchev–Trinajstić information content (AvgIpc) is 3.14. The second-order valence-electron chi connectivity index (χ2n) is 12.0. The summed E-state index contributed by atoms with van der Waals surface area (Å²) in [6.07, 6.45) is 2.72. The van der Waals surface area contributed by atoms with E-state index in [1.165, 1.54) is 12.1 Å². The molecule has 0 aliphatic heterocycles. The molecule has 0 saturated carbocycles. The zero-order valence-electron chi connectivity index (χ0n) is 36.4. The van der Waals surface area contributed by atoms with Crippen LogP contribution in [0.3, 0.4) is 0 Å². The monoisotopic (exact) mass is 1530 g/mol. The van der Waals surface area contributed by atoms with Crippen LogP contribution in [0.1, 0.15) is 0 Å². The first-order chi connectivity index (χ1) is 31.3. The van der Waals surface area contributed by atoms with E-state index in [-0.39, 0.29) is 111 Å². The molecule has 4 N–H and O–H groups in total. The summed E-state index contributed by atoms with van der Waals surface area (Å²) in [6, 6.07) is 21.6. The van der Waals surface area contributed by atoms with Crippen molar-refractivity contribution >= 4 is 173 Å². The molecule has 0 atom stereocenters. The molecule has 39 heteroatoms. The summed E-state index contributed by atoms with van der Waals surface area (Å²) in [5.74, 6) is 0.344. The predicted octanol–water partition coefficient (Wildman–Crippen LogP) is 1.05. The predicted molar refractivity (Wildman–Crippen MR) is 271 cm³/mol. The van der Waals surface area contributed by atoms with Gasteiger partial charge in [0.15, 0.2) is 17.2 Å². The SMILES string of the molecule is CS(=O)(=O)Oc1ccc(S(=O)(=O)Cl)cc1Br.CS(=O)(=O)Oc1ccc(S(=O)(=O)[O-])cc1Br.CS(=O)(=O)Oc1ccc(S)cc1Br.O=S(=O)(O)O.O=S(=O)([O-])c1ccc(O)c(Br)c1.Oc1ccccc1Br.[Na+].[Na+]. The van der Waals surface area contributed by atoms with Crippen LogP contribution in [0.2, 0.25) is 0 Å². The van der Waals surface area contributed by atoms with Crippen molar-refractivity contribution in [3.05, 3.63) is 119 Å². The van der Waals surface area contributed by atoms with Crippen molar-refractivity contribution in [3.63, 3.8) is 0 Å². The Kier molecular flexibility index (Phi) is 34.3. The van der Waals surface area contributed by atoms with E-state index in [1.54, 1.807) is 30.3 Å². The van der Waals surface area contributed by atoms with Crippen molar-refractivity contribution < 1.29 is 159 Å². The summed E-state index contributed by atoms with van der Waals surface area (Å²) in [4.78, 5) is -0.262. The van der Waals surface area contributed by atoms with Crippen molar-refractivity contribution in [2.45, 2.75) is 19.6 Å². The summed E-state index contributed by atoms with van der Waals surface area (Å²) in [6.45, 7) is 0. The molecule has 392 valence electrons. The Morgan fingerprint density at radius 1 is 0.458 bits per heavy atom. The molecule has 0 saturated heterocycles. The van der Waals surface area contributed by atoms with Crippen molar-refractivity contribution in [2.75, 3.05) is 18.8 Å². The van der Waals surface area contributed by atoms with Gasteiger partial charge in [-0.3, -0.25) is 9.11 Å². The van der Waals surface area contributed by atoms with Crippen LogP contribution in [-0.2, 0) is 70.0 Å². The van der Waals surface area contributed by atoms with E-state index in [2.05, 4.69) is 105 Å². The maximum atomic E-state index is 11.0. The maximum absolute atomic E-state index is 11.0. The number of hydrogen-bond donors (Lipinski definition) is 5.